The Kier molecular flexibility index (Phi) is 5.08. The monoisotopic (exact) mass is 296 g/mol. The maximum atomic E-state index is 12.2. The van der Waals surface area contributed by atoms with Crippen LogP contribution in [0.1, 0.15) is 5.69 Å². The molecule has 8 heteroatoms. The molecule has 5 nitrogen and oxygen atoms in total. The van der Waals surface area contributed by atoms with Gasteiger partial charge < -0.3 is 5.11 Å². The van der Waals surface area contributed by atoms with Crippen LogP contribution in [0.15, 0.2) is 16.9 Å². The SMILES string of the molecule is C=CCN(CCO)S(=O)(=O)c1sc(Cl)nc1C. The minimum atomic E-state index is -3.66. The van der Waals surface area contributed by atoms with Gasteiger partial charge in [-0.2, -0.15) is 4.31 Å². The van der Waals surface area contributed by atoms with E-state index in [0.717, 1.165) is 15.6 Å². The standard InChI is InChI=1S/C9H13ClN2O3S2/c1-3-4-12(5-6-13)17(14,15)8-7(2)11-9(10)16-8/h3,13H,1,4-6H2,2H3. The molecule has 0 saturated heterocycles. The van der Waals surface area contributed by atoms with Gasteiger partial charge in [0.05, 0.1) is 12.3 Å². The van der Waals surface area contributed by atoms with Crippen molar-refractivity contribution >= 4 is 33.0 Å². The van der Waals surface area contributed by atoms with Crippen LogP contribution in [0.3, 0.4) is 0 Å². The first-order chi connectivity index (χ1) is 7.93. The van der Waals surface area contributed by atoms with E-state index in [2.05, 4.69) is 11.6 Å². The van der Waals surface area contributed by atoms with Gasteiger partial charge in [-0.15, -0.1) is 6.58 Å². The Hall–Kier alpha value is -0.470. The zero-order chi connectivity index (χ0) is 13.1. The molecule has 0 saturated carbocycles. The van der Waals surface area contributed by atoms with Crippen LogP contribution in [0.2, 0.25) is 4.47 Å². The van der Waals surface area contributed by atoms with Crippen molar-refractivity contribution in [3.8, 4) is 0 Å². The number of nitrogens with zero attached hydrogens (tertiary/aromatic N) is 2. The van der Waals surface area contributed by atoms with Crippen molar-refractivity contribution in [1.82, 2.24) is 9.29 Å². The number of aliphatic hydroxyl groups is 1. The van der Waals surface area contributed by atoms with Crippen molar-refractivity contribution in [3.05, 3.63) is 22.8 Å². The molecule has 0 radical (unpaired) electrons. The summed E-state index contributed by atoms with van der Waals surface area (Å²) in [6.07, 6.45) is 1.46. The Morgan fingerprint density at radius 1 is 1.65 bits per heavy atom. The predicted octanol–water partition coefficient (Wildman–Crippen LogP) is 1.27. The van der Waals surface area contributed by atoms with Gasteiger partial charge in [0, 0.05) is 13.1 Å². The van der Waals surface area contributed by atoms with Crippen molar-refractivity contribution in [2.45, 2.75) is 11.1 Å². The van der Waals surface area contributed by atoms with Gasteiger partial charge in [0.15, 0.2) is 8.68 Å². The molecular weight excluding hydrogens is 284 g/mol. The molecule has 0 aliphatic carbocycles. The molecule has 1 rings (SSSR count). The van der Waals surface area contributed by atoms with Crippen LogP contribution < -0.4 is 0 Å². The number of sulfonamides is 1. The molecule has 0 aliphatic heterocycles. The highest BCUT2D eigenvalue weighted by Gasteiger charge is 2.27. The lowest BCUT2D eigenvalue weighted by atomic mass is 10.6. The van der Waals surface area contributed by atoms with Crippen molar-refractivity contribution in [2.24, 2.45) is 0 Å². The molecule has 1 heterocycles. The highest BCUT2D eigenvalue weighted by atomic mass is 35.5. The molecule has 0 amide bonds. The quantitative estimate of drug-likeness (QED) is 0.803. The first-order valence-electron chi connectivity index (χ1n) is 4.78. The topological polar surface area (TPSA) is 70.5 Å². The second kappa shape index (κ2) is 5.92. The summed E-state index contributed by atoms with van der Waals surface area (Å²) < 4.78 is 25.9. The van der Waals surface area contributed by atoms with Crippen LogP contribution in [0.25, 0.3) is 0 Å². The minimum Gasteiger partial charge on any atom is -0.395 e. The molecule has 96 valence electrons. The van der Waals surface area contributed by atoms with E-state index in [9.17, 15) is 8.42 Å². The molecule has 0 atom stereocenters. The highest BCUT2D eigenvalue weighted by molar-refractivity contribution is 7.91. The number of halogens is 1. The van der Waals surface area contributed by atoms with Gasteiger partial charge in [-0.25, -0.2) is 13.4 Å². The van der Waals surface area contributed by atoms with Gasteiger partial charge >= 0.3 is 0 Å². The number of hydrogen-bond donors (Lipinski definition) is 1. The second-order valence-corrected chi connectivity index (χ2v) is 6.93. The fourth-order valence-electron chi connectivity index (χ4n) is 1.27. The Bertz CT molecular complexity index is 498. The largest absolute Gasteiger partial charge is 0.395 e. The van der Waals surface area contributed by atoms with Crippen molar-refractivity contribution in [1.29, 1.82) is 0 Å². The molecule has 1 N–H and O–H groups in total. The van der Waals surface area contributed by atoms with Gasteiger partial charge in [0.1, 0.15) is 0 Å². The van der Waals surface area contributed by atoms with Crippen LogP contribution in [-0.4, -0.2) is 42.5 Å². The smallest absolute Gasteiger partial charge is 0.254 e. The number of hydrogen-bond acceptors (Lipinski definition) is 5. The number of aliphatic hydroxyl groups excluding tert-OH is 1. The van der Waals surface area contributed by atoms with E-state index in [0.29, 0.717) is 5.69 Å². The molecule has 0 fully saturated rings. The van der Waals surface area contributed by atoms with E-state index in [1.165, 1.54) is 6.08 Å². The number of aryl methyl sites for hydroxylation is 1. The number of thiazole rings is 1. The van der Waals surface area contributed by atoms with Gasteiger partial charge in [0.2, 0.25) is 0 Å². The number of aromatic nitrogens is 1. The first-order valence-corrected chi connectivity index (χ1v) is 7.41. The molecule has 0 spiro atoms. The zero-order valence-electron chi connectivity index (χ0n) is 9.26. The molecule has 0 aromatic carbocycles. The minimum absolute atomic E-state index is 0.0172. The van der Waals surface area contributed by atoms with Gasteiger partial charge in [0.25, 0.3) is 10.0 Å². The van der Waals surface area contributed by atoms with Crippen LogP contribution in [0.4, 0.5) is 0 Å². The lowest BCUT2D eigenvalue weighted by Crippen LogP contribution is -2.33. The third kappa shape index (κ3) is 3.26. The Morgan fingerprint density at radius 3 is 2.71 bits per heavy atom. The van der Waals surface area contributed by atoms with Crippen LogP contribution in [0.5, 0.6) is 0 Å². The lowest BCUT2D eigenvalue weighted by molar-refractivity contribution is 0.260. The Morgan fingerprint density at radius 2 is 2.29 bits per heavy atom. The summed E-state index contributed by atoms with van der Waals surface area (Å²) in [6.45, 7) is 4.98. The third-order valence-corrected chi connectivity index (χ3v) is 5.70. The lowest BCUT2D eigenvalue weighted by Gasteiger charge is -2.18. The molecule has 0 unspecified atom stereocenters. The summed E-state index contributed by atoms with van der Waals surface area (Å²) >= 11 is 6.60. The molecule has 0 aliphatic rings. The fraction of sp³-hybridized carbons (Fsp3) is 0.444. The predicted molar refractivity (Wildman–Crippen MR) is 67.9 cm³/mol. The van der Waals surface area contributed by atoms with E-state index in [1.54, 1.807) is 6.92 Å². The Balaban J connectivity index is 3.15. The first kappa shape index (κ1) is 14.6. The number of rotatable bonds is 6. The van der Waals surface area contributed by atoms with Crippen molar-refractivity contribution in [3.63, 3.8) is 0 Å². The summed E-state index contributed by atoms with van der Waals surface area (Å²) in [7, 11) is -3.66. The van der Waals surface area contributed by atoms with E-state index in [-0.39, 0.29) is 28.4 Å². The molecule has 1 aromatic rings. The van der Waals surface area contributed by atoms with Crippen molar-refractivity contribution in [2.75, 3.05) is 19.7 Å². The van der Waals surface area contributed by atoms with E-state index >= 15 is 0 Å². The third-order valence-electron chi connectivity index (χ3n) is 1.98. The van der Waals surface area contributed by atoms with Gasteiger partial charge in [-0.05, 0) is 6.92 Å². The van der Waals surface area contributed by atoms with Crippen LogP contribution >= 0.6 is 22.9 Å². The second-order valence-electron chi connectivity index (χ2n) is 3.22. The van der Waals surface area contributed by atoms with E-state index in [1.807, 2.05) is 0 Å². The van der Waals surface area contributed by atoms with Crippen LogP contribution in [0, 0.1) is 6.92 Å². The average Bonchev–Trinajstić information content (AvgIpc) is 2.58. The van der Waals surface area contributed by atoms with Crippen molar-refractivity contribution < 1.29 is 13.5 Å². The Labute approximate surface area is 109 Å². The summed E-state index contributed by atoms with van der Waals surface area (Å²) in [5, 5.41) is 8.87. The zero-order valence-corrected chi connectivity index (χ0v) is 11.6. The van der Waals surface area contributed by atoms with E-state index < -0.39 is 10.0 Å². The molecular formula is C9H13ClN2O3S2. The van der Waals surface area contributed by atoms with E-state index in [4.69, 9.17) is 16.7 Å². The highest BCUT2D eigenvalue weighted by Crippen LogP contribution is 2.29. The molecule has 0 bridgehead atoms. The maximum absolute atomic E-state index is 12.2. The molecule has 17 heavy (non-hydrogen) atoms. The summed E-state index contributed by atoms with van der Waals surface area (Å²) in [4.78, 5) is 3.87. The maximum Gasteiger partial charge on any atom is 0.254 e. The fourth-order valence-corrected chi connectivity index (χ4v) is 4.55. The average molecular weight is 297 g/mol. The van der Waals surface area contributed by atoms with Gasteiger partial charge in [-0.3, -0.25) is 0 Å². The summed E-state index contributed by atoms with van der Waals surface area (Å²) in [5.41, 5.74) is 0.368. The molecule has 1 aromatic heterocycles. The summed E-state index contributed by atoms with van der Waals surface area (Å²) in [5.74, 6) is 0. The summed E-state index contributed by atoms with van der Waals surface area (Å²) in [6, 6.07) is 0. The van der Waals surface area contributed by atoms with Crippen LogP contribution in [-0.2, 0) is 10.0 Å². The van der Waals surface area contributed by atoms with Gasteiger partial charge in [-0.1, -0.05) is 29.0 Å². The normalized spacial score (nSPS) is 12.0.